The number of rotatable bonds is 3. The van der Waals surface area contributed by atoms with Gasteiger partial charge in [0.2, 0.25) is 5.91 Å². The molecule has 1 atom stereocenters. The lowest BCUT2D eigenvalue weighted by atomic mass is 9.71. The summed E-state index contributed by atoms with van der Waals surface area (Å²) in [5.74, 6) is -0.0414. The lowest BCUT2D eigenvalue weighted by Gasteiger charge is -2.34. The molecule has 0 saturated carbocycles. The topological polar surface area (TPSA) is 49.3 Å². The third-order valence-electron chi connectivity index (χ3n) is 3.34. The summed E-state index contributed by atoms with van der Waals surface area (Å²) < 4.78 is 0.194. The zero-order valence-electron chi connectivity index (χ0n) is 17.4. The molecule has 0 spiro atoms. The maximum atomic E-state index is 12.6. The van der Waals surface area contributed by atoms with Crippen molar-refractivity contribution < 1.29 is 9.90 Å². The number of hydrogen-bond donors (Lipinski definition) is 3. The molecular weight excluding hydrogens is 330 g/mol. The van der Waals surface area contributed by atoms with Crippen LogP contribution in [-0.4, -0.2) is 15.8 Å². The van der Waals surface area contributed by atoms with Crippen molar-refractivity contribution in [3.8, 4) is 5.75 Å². The number of amides is 1. The van der Waals surface area contributed by atoms with E-state index in [2.05, 4.69) is 80.3 Å². The quantitative estimate of drug-likeness (QED) is 0.443. The Labute approximate surface area is 160 Å². The molecule has 3 nitrogen and oxygen atoms in total. The molecule has 144 valence electrons. The summed E-state index contributed by atoms with van der Waals surface area (Å²) in [6.45, 7) is 18.8. The second kappa shape index (κ2) is 8.98. The largest absolute Gasteiger partial charge is 0.506 e. The van der Waals surface area contributed by atoms with Crippen LogP contribution in [0.5, 0.6) is 5.75 Å². The molecule has 1 rings (SSSR count). The number of para-hydroxylation sites is 2. The van der Waals surface area contributed by atoms with Gasteiger partial charge in [0, 0.05) is 10.7 Å². The van der Waals surface area contributed by atoms with Crippen LogP contribution in [0.4, 0.5) is 5.69 Å². The number of benzene rings is 1. The van der Waals surface area contributed by atoms with E-state index in [4.69, 9.17) is 0 Å². The zero-order chi connectivity index (χ0) is 20.1. The third kappa shape index (κ3) is 11.9. The van der Waals surface area contributed by atoms with Crippen LogP contribution in [0.3, 0.4) is 0 Å². The summed E-state index contributed by atoms with van der Waals surface area (Å²) >= 11 is 4.12. The van der Waals surface area contributed by atoms with Gasteiger partial charge in [0.1, 0.15) is 5.75 Å². The molecule has 1 aromatic carbocycles. The summed E-state index contributed by atoms with van der Waals surface area (Å²) in [7, 11) is 0. The Morgan fingerprint density at radius 3 is 1.84 bits per heavy atom. The number of hydrogen-bond acceptors (Lipinski definition) is 3. The van der Waals surface area contributed by atoms with E-state index in [0.29, 0.717) is 5.69 Å². The Morgan fingerprint density at radius 2 is 1.48 bits per heavy atom. The molecule has 0 radical (unpaired) electrons. The molecule has 0 aliphatic heterocycles. The van der Waals surface area contributed by atoms with Gasteiger partial charge in [-0.05, 0) is 29.4 Å². The van der Waals surface area contributed by atoms with Crippen LogP contribution in [0.1, 0.15) is 68.7 Å². The first kappa shape index (κ1) is 23.8. The second-order valence-electron chi connectivity index (χ2n) is 9.86. The molecule has 0 aromatic heterocycles. The first-order valence-electron chi connectivity index (χ1n) is 8.82. The van der Waals surface area contributed by atoms with Gasteiger partial charge in [-0.1, -0.05) is 74.4 Å². The van der Waals surface area contributed by atoms with Gasteiger partial charge >= 0.3 is 0 Å². The van der Waals surface area contributed by atoms with Crippen LogP contribution in [-0.2, 0) is 4.79 Å². The van der Waals surface area contributed by atoms with Gasteiger partial charge in [0.05, 0.1) is 5.69 Å². The van der Waals surface area contributed by atoms with Crippen molar-refractivity contribution in [3.05, 3.63) is 24.3 Å². The average molecular weight is 368 g/mol. The summed E-state index contributed by atoms with van der Waals surface area (Å²) in [6.07, 6.45) is 0.802. The standard InChI is InChI=1S/C17H27NO2.C4H10S/c1-16(2,3)11-12(17(4,5)6)15(20)18-13-9-7-8-10-14(13)19;1-4(2,3)5/h7-10,12,19H,11H2,1-6H3,(H,18,20);5H,1-3H3. The average Bonchev–Trinajstić information content (AvgIpc) is 2.34. The minimum atomic E-state index is -0.123. The van der Waals surface area contributed by atoms with E-state index in [1.807, 2.05) is 0 Å². The van der Waals surface area contributed by atoms with Gasteiger partial charge in [0.15, 0.2) is 0 Å². The van der Waals surface area contributed by atoms with Gasteiger partial charge in [0.25, 0.3) is 0 Å². The summed E-state index contributed by atoms with van der Waals surface area (Å²) in [4.78, 5) is 12.6. The Hall–Kier alpha value is -1.16. The predicted molar refractivity (Wildman–Crippen MR) is 112 cm³/mol. The Balaban J connectivity index is 0.00000101. The summed E-state index contributed by atoms with van der Waals surface area (Å²) in [5, 5.41) is 12.6. The zero-order valence-corrected chi connectivity index (χ0v) is 18.3. The highest BCUT2D eigenvalue weighted by atomic mass is 32.1. The van der Waals surface area contributed by atoms with Crippen LogP contribution in [0.25, 0.3) is 0 Å². The maximum Gasteiger partial charge on any atom is 0.228 e. The first-order valence-corrected chi connectivity index (χ1v) is 9.27. The third-order valence-corrected chi connectivity index (χ3v) is 3.34. The van der Waals surface area contributed by atoms with E-state index >= 15 is 0 Å². The van der Waals surface area contributed by atoms with Crippen molar-refractivity contribution in [1.82, 2.24) is 0 Å². The molecule has 1 aromatic rings. The number of nitrogens with one attached hydrogen (secondary N) is 1. The molecule has 4 heteroatoms. The van der Waals surface area contributed by atoms with E-state index in [-0.39, 0.29) is 33.2 Å². The number of anilines is 1. The SMILES string of the molecule is CC(C)(C)CC(C(=O)Nc1ccccc1O)C(C)(C)C.CC(C)(C)S. The summed E-state index contributed by atoms with van der Waals surface area (Å²) in [6, 6.07) is 6.82. The molecule has 0 aliphatic rings. The van der Waals surface area contributed by atoms with Crippen LogP contribution in [0.15, 0.2) is 24.3 Å². The van der Waals surface area contributed by atoms with Crippen molar-refractivity contribution in [2.45, 2.75) is 73.5 Å². The van der Waals surface area contributed by atoms with Crippen LogP contribution >= 0.6 is 12.6 Å². The van der Waals surface area contributed by atoms with Gasteiger partial charge in [-0.15, -0.1) is 0 Å². The molecule has 0 saturated heterocycles. The van der Waals surface area contributed by atoms with E-state index in [0.717, 1.165) is 6.42 Å². The van der Waals surface area contributed by atoms with Crippen molar-refractivity contribution in [1.29, 1.82) is 0 Å². The van der Waals surface area contributed by atoms with E-state index < -0.39 is 0 Å². The van der Waals surface area contributed by atoms with Gasteiger partial charge in [-0.2, -0.15) is 12.6 Å². The molecule has 2 N–H and O–H groups in total. The first-order chi connectivity index (χ1) is 11.0. The molecule has 1 amide bonds. The highest BCUT2D eigenvalue weighted by Crippen LogP contribution is 2.37. The van der Waals surface area contributed by atoms with Gasteiger partial charge in [-0.3, -0.25) is 4.79 Å². The summed E-state index contributed by atoms with van der Waals surface area (Å²) in [5.41, 5.74) is 0.427. The van der Waals surface area contributed by atoms with Gasteiger partial charge in [-0.25, -0.2) is 0 Å². The fourth-order valence-electron chi connectivity index (χ4n) is 2.20. The molecule has 25 heavy (non-hydrogen) atoms. The van der Waals surface area contributed by atoms with E-state index in [9.17, 15) is 9.90 Å². The van der Waals surface area contributed by atoms with Gasteiger partial charge < -0.3 is 10.4 Å². The number of carbonyl (C=O) groups is 1. The molecule has 0 aliphatic carbocycles. The Morgan fingerprint density at radius 1 is 1.04 bits per heavy atom. The molecule has 0 fully saturated rings. The normalized spacial score (nSPS) is 13.5. The number of carbonyl (C=O) groups excluding carboxylic acids is 1. The highest BCUT2D eigenvalue weighted by molar-refractivity contribution is 7.81. The number of phenols is 1. The maximum absolute atomic E-state index is 12.6. The molecule has 0 heterocycles. The van der Waals surface area contributed by atoms with Crippen LogP contribution in [0.2, 0.25) is 0 Å². The predicted octanol–water partition coefficient (Wildman–Crippen LogP) is 6.14. The lowest BCUT2D eigenvalue weighted by molar-refractivity contribution is -0.124. The molecule has 0 bridgehead atoms. The van der Waals surface area contributed by atoms with E-state index in [1.165, 1.54) is 0 Å². The highest BCUT2D eigenvalue weighted by Gasteiger charge is 2.34. The Bertz CT molecular complexity index is 542. The minimum Gasteiger partial charge on any atom is -0.506 e. The minimum absolute atomic E-state index is 0.0334. The monoisotopic (exact) mass is 367 g/mol. The van der Waals surface area contributed by atoms with Crippen molar-refractivity contribution in [2.24, 2.45) is 16.7 Å². The number of aromatic hydroxyl groups is 1. The fraction of sp³-hybridized carbons (Fsp3) is 0.667. The second-order valence-corrected chi connectivity index (χ2v) is 11.2. The van der Waals surface area contributed by atoms with Crippen LogP contribution < -0.4 is 5.32 Å². The smallest absolute Gasteiger partial charge is 0.228 e. The van der Waals surface area contributed by atoms with E-state index in [1.54, 1.807) is 24.3 Å². The van der Waals surface area contributed by atoms with Crippen LogP contribution in [0, 0.1) is 16.7 Å². The fourth-order valence-corrected chi connectivity index (χ4v) is 2.20. The Kier molecular flexibility index (Phi) is 8.56. The number of thiol groups is 1. The molecular formula is C21H37NO2S. The lowest BCUT2D eigenvalue weighted by Crippen LogP contribution is -2.36. The number of phenolic OH excluding ortho intramolecular Hbond substituents is 1. The molecule has 1 unspecified atom stereocenters. The van der Waals surface area contributed by atoms with Crippen molar-refractivity contribution >= 4 is 24.2 Å². The van der Waals surface area contributed by atoms with Crippen molar-refractivity contribution in [2.75, 3.05) is 5.32 Å². The van der Waals surface area contributed by atoms with Crippen molar-refractivity contribution in [3.63, 3.8) is 0 Å².